The van der Waals surface area contributed by atoms with Crippen LogP contribution >= 0.6 is 0 Å². The molecular weight excluding hydrogens is 284 g/mol. The van der Waals surface area contributed by atoms with Gasteiger partial charge in [0.25, 0.3) is 5.91 Å². The molecule has 2 aromatic rings. The average Bonchev–Trinajstić information content (AvgIpc) is 2.95. The number of aromatic nitrogens is 1. The van der Waals surface area contributed by atoms with Gasteiger partial charge in [-0.25, -0.2) is 4.98 Å². The Hall–Kier alpha value is -2.50. The van der Waals surface area contributed by atoms with Gasteiger partial charge in [-0.1, -0.05) is 6.92 Å². The van der Waals surface area contributed by atoms with E-state index < -0.39 is 0 Å². The van der Waals surface area contributed by atoms with Crippen LogP contribution in [0.5, 0.6) is 11.5 Å². The van der Waals surface area contributed by atoms with Crippen molar-refractivity contribution in [1.82, 2.24) is 10.3 Å². The van der Waals surface area contributed by atoms with E-state index in [4.69, 9.17) is 13.9 Å². The minimum absolute atomic E-state index is 0.0495. The molecule has 118 valence electrons. The molecule has 1 heterocycles. The van der Waals surface area contributed by atoms with Crippen molar-refractivity contribution in [2.45, 2.75) is 26.8 Å². The van der Waals surface area contributed by atoms with Crippen LogP contribution in [0, 0.1) is 6.92 Å². The Bertz CT molecular complexity index is 592. The summed E-state index contributed by atoms with van der Waals surface area (Å²) in [7, 11) is 0. The van der Waals surface area contributed by atoms with Crippen LogP contribution in [-0.4, -0.2) is 24.1 Å². The van der Waals surface area contributed by atoms with Crippen molar-refractivity contribution in [1.29, 1.82) is 0 Å². The fraction of sp³-hybridized carbons (Fsp3) is 0.375. The number of ether oxygens (including phenoxy) is 2. The van der Waals surface area contributed by atoms with Crippen molar-refractivity contribution in [3.63, 3.8) is 0 Å². The second kappa shape index (κ2) is 8.07. The van der Waals surface area contributed by atoms with E-state index in [1.54, 1.807) is 19.1 Å². The molecule has 0 radical (unpaired) electrons. The highest BCUT2D eigenvalue weighted by Crippen LogP contribution is 2.17. The van der Waals surface area contributed by atoms with Crippen molar-refractivity contribution in [3.8, 4) is 11.5 Å². The first kappa shape index (κ1) is 15.9. The van der Waals surface area contributed by atoms with Crippen molar-refractivity contribution in [2.24, 2.45) is 0 Å². The smallest absolute Gasteiger partial charge is 0.258 e. The summed E-state index contributed by atoms with van der Waals surface area (Å²) in [6, 6.07) is 7.20. The topological polar surface area (TPSA) is 73.6 Å². The molecule has 6 nitrogen and oxygen atoms in total. The standard InChI is InChI=1S/C16H20N2O4/c1-3-8-20-13-4-6-14(7-5-13)21-10-16(19)17-9-15-12(2)22-11-18-15/h4-7,11H,3,8-10H2,1-2H3,(H,17,19). The lowest BCUT2D eigenvalue weighted by molar-refractivity contribution is -0.123. The third kappa shape index (κ3) is 4.80. The van der Waals surface area contributed by atoms with Gasteiger partial charge in [-0.3, -0.25) is 4.79 Å². The molecule has 1 aromatic heterocycles. The Labute approximate surface area is 129 Å². The normalized spacial score (nSPS) is 10.3. The summed E-state index contributed by atoms with van der Waals surface area (Å²) in [5, 5.41) is 2.72. The molecule has 0 spiro atoms. The molecule has 0 fully saturated rings. The van der Waals surface area contributed by atoms with Crippen LogP contribution in [0.2, 0.25) is 0 Å². The number of nitrogens with one attached hydrogen (secondary N) is 1. The van der Waals surface area contributed by atoms with E-state index in [1.807, 2.05) is 12.1 Å². The lowest BCUT2D eigenvalue weighted by atomic mass is 10.3. The molecule has 1 amide bonds. The SMILES string of the molecule is CCCOc1ccc(OCC(=O)NCc2ncoc2C)cc1. The average molecular weight is 304 g/mol. The van der Waals surface area contributed by atoms with Crippen LogP contribution < -0.4 is 14.8 Å². The maximum absolute atomic E-state index is 11.7. The quantitative estimate of drug-likeness (QED) is 0.811. The Kier molecular flexibility index (Phi) is 5.82. The summed E-state index contributed by atoms with van der Waals surface area (Å²) >= 11 is 0. The van der Waals surface area contributed by atoms with E-state index in [-0.39, 0.29) is 12.5 Å². The second-order valence-corrected chi connectivity index (χ2v) is 4.74. The number of nitrogens with zero attached hydrogens (tertiary/aromatic N) is 1. The van der Waals surface area contributed by atoms with Crippen LogP contribution in [0.15, 0.2) is 35.1 Å². The maximum atomic E-state index is 11.7. The summed E-state index contributed by atoms with van der Waals surface area (Å²) in [5.41, 5.74) is 0.714. The Morgan fingerprint density at radius 2 is 1.91 bits per heavy atom. The molecule has 1 N–H and O–H groups in total. The molecule has 22 heavy (non-hydrogen) atoms. The van der Waals surface area contributed by atoms with Gasteiger partial charge in [-0.05, 0) is 37.6 Å². The molecule has 0 saturated heterocycles. The van der Waals surface area contributed by atoms with E-state index >= 15 is 0 Å². The van der Waals surface area contributed by atoms with E-state index in [0.717, 1.165) is 12.2 Å². The molecule has 0 unspecified atom stereocenters. The zero-order chi connectivity index (χ0) is 15.8. The molecule has 0 bridgehead atoms. The minimum Gasteiger partial charge on any atom is -0.494 e. The summed E-state index contributed by atoms with van der Waals surface area (Å²) in [4.78, 5) is 15.7. The number of hydrogen-bond acceptors (Lipinski definition) is 5. The maximum Gasteiger partial charge on any atom is 0.258 e. The lowest BCUT2D eigenvalue weighted by Crippen LogP contribution is -2.28. The van der Waals surface area contributed by atoms with Gasteiger partial charge in [0, 0.05) is 0 Å². The van der Waals surface area contributed by atoms with E-state index in [9.17, 15) is 4.79 Å². The zero-order valence-corrected chi connectivity index (χ0v) is 12.8. The number of hydrogen-bond donors (Lipinski definition) is 1. The fourth-order valence-electron chi connectivity index (χ4n) is 1.73. The largest absolute Gasteiger partial charge is 0.494 e. The summed E-state index contributed by atoms with van der Waals surface area (Å²) < 4.78 is 16.0. The van der Waals surface area contributed by atoms with E-state index in [1.165, 1.54) is 6.39 Å². The first-order valence-electron chi connectivity index (χ1n) is 7.20. The van der Waals surface area contributed by atoms with Gasteiger partial charge in [0.2, 0.25) is 0 Å². The fourth-order valence-corrected chi connectivity index (χ4v) is 1.73. The number of carbonyl (C=O) groups excluding carboxylic acids is 1. The molecule has 0 aliphatic heterocycles. The number of aryl methyl sites for hydroxylation is 1. The number of benzene rings is 1. The van der Waals surface area contributed by atoms with Gasteiger partial charge >= 0.3 is 0 Å². The highest BCUT2D eigenvalue weighted by atomic mass is 16.5. The van der Waals surface area contributed by atoms with E-state index in [2.05, 4.69) is 17.2 Å². The van der Waals surface area contributed by atoms with Crippen LogP contribution in [0.4, 0.5) is 0 Å². The second-order valence-electron chi connectivity index (χ2n) is 4.74. The van der Waals surface area contributed by atoms with Gasteiger partial charge < -0.3 is 19.2 Å². The third-order valence-electron chi connectivity index (χ3n) is 2.96. The molecule has 0 atom stereocenters. The summed E-state index contributed by atoms with van der Waals surface area (Å²) in [5.74, 6) is 1.90. The monoisotopic (exact) mass is 304 g/mol. The minimum atomic E-state index is -0.214. The van der Waals surface area contributed by atoms with Crippen LogP contribution in [0.3, 0.4) is 0 Å². The highest BCUT2D eigenvalue weighted by Gasteiger charge is 2.07. The first-order valence-corrected chi connectivity index (χ1v) is 7.20. The summed E-state index contributed by atoms with van der Waals surface area (Å²) in [6.07, 6.45) is 2.32. The molecule has 0 aliphatic rings. The molecule has 6 heteroatoms. The van der Waals surface area contributed by atoms with Crippen molar-refractivity contribution >= 4 is 5.91 Å². The van der Waals surface area contributed by atoms with Gasteiger partial charge in [0.15, 0.2) is 13.0 Å². The van der Waals surface area contributed by atoms with E-state index in [0.29, 0.717) is 30.4 Å². The molecule has 2 rings (SSSR count). The van der Waals surface area contributed by atoms with Gasteiger partial charge in [-0.15, -0.1) is 0 Å². The molecule has 1 aromatic carbocycles. The summed E-state index contributed by atoms with van der Waals surface area (Å²) in [6.45, 7) is 4.81. The number of amides is 1. The predicted molar refractivity (Wildman–Crippen MR) is 80.8 cm³/mol. The third-order valence-corrected chi connectivity index (χ3v) is 2.96. The Balaban J connectivity index is 1.72. The Morgan fingerprint density at radius 3 is 2.50 bits per heavy atom. The number of oxazole rings is 1. The van der Waals surface area contributed by atoms with Crippen molar-refractivity contribution < 1.29 is 18.7 Å². The van der Waals surface area contributed by atoms with Crippen LogP contribution in [-0.2, 0) is 11.3 Å². The molecule has 0 saturated carbocycles. The Morgan fingerprint density at radius 1 is 1.23 bits per heavy atom. The predicted octanol–water partition coefficient (Wildman–Crippen LogP) is 2.47. The van der Waals surface area contributed by atoms with Gasteiger partial charge in [0.05, 0.1) is 13.2 Å². The first-order chi connectivity index (χ1) is 10.7. The van der Waals surface area contributed by atoms with Crippen LogP contribution in [0.1, 0.15) is 24.8 Å². The van der Waals surface area contributed by atoms with Gasteiger partial charge in [-0.2, -0.15) is 0 Å². The van der Waals surface area contributed by atoms with Crippen molar-refractivity contribution in [3.05, 3.63) is 42.1 Å². The zero-order valence-electron chi connectivity index (χ0n) is 12.8. The number of rotatable bonds is 8. The molecular formula is C16H20N2O4. The number of carbonyl (C=O) groups is 1. The van der Waals surface area contributed by atoms with Crippen molar-refractivity contribution in [2.75, 3.05) is 13.2 Å². The van der Waals surface area contributed by atoms with Gasteiger partial charge in [0.1, 0.15) is 23.0 Å². The van der Waals surface area contributed by atoms with Crippen LogP contribution in [0.25, 0.3) is 0 Å². The lowest BCUT2D eigenvalue weighted by Gasteiger charge is -2.08. The molecule has 0 aliphatic carbocycles. The highest BCUT2D eigenvalue weighted by molar-refractivity contribution is 5.77.